The molecule has 0 saturated carbocycles. The van der Waals surface area contributed by atoms with Gasteiger partial charge in [-0.1, -0.05) is 44.6 Å². The molecule has 1 aliphatic rings. The summed E-state index contributed by atoms with van der Waals surface area (Å²) >= 11 is 0. The van der Waals surface area contributed by atoms with Crippen LogP contribution in [-0.2, 0) is 5.41 Å². The van der Waals surface area contributed by atoms with Gasteiger partial charge in [0, 0.05) is 5.56 Å². The van der Waals surface area contributed by atoms with E-state index >= 15 is 0 Å². The minimum Gasteiger partial charge on any atom is -0.294 e. The van der Waals surface area contributed by atoms with E-state index in [1.165, 1.54) is 22.3 Å². The number of Topliss-reactive ketones (excluding diaryl/α,β-unsaturated/α-hetero) is 1. The van der Waals surface area contributed by atoms with Crippen LogP contribution in [0.4, 0.5) is 0 Å². The molecule has 0 fully saturated rings. The van der Waals surface area contributed by atoms with Crippen molar-refractivity contribution in [3.8, 4) is 0 Å². The lowest BCUT2D eigenvalue weighted by atomic mass is 9.83. The molecule has 1 aromatic carbocycles. The highest BCUT2D eigenvalue weighted by atomic mass is 16.1. The SMILES string of the molecule is CC(=O)c1cc(C(C)(C)C)ccc1C1=C(C)C(C)=CC1. The highest BCUT2D eigenvalue weighted by Crippen LogP contribution is 2.36. The maximum absolute atomic E-state index is 12.1. The molecule has 0 N–H and O–H groups in total. The van der Waals surface area contributed by atoms with Gasteiger partial charge in [-0.2, -0.15) is 0 Å². The highest BCUT2D eigenvalue weighted by Gasteiger charge is 2.21. The van der Waals surface area contributed by atoms with Crippen LogP contribution in [0.2, 0.25) is 0 Å². The molecule has 0 atom stereocenters. The number of rotatable bonds is 2. The highest BCUT2D eigenvalue weighted by molar-refractivity contribution is 6.00. The summed E-state index contributed by atoms with van der Waals surface area (Å²) in [5.74, 6) is 0.149. The van der Waals surface area contributed by atoms with E-state index in [1.54, 1.807) is 6.92 Å². The van der Waals surface area contributed by atoms with Crippen LogP contribution >= 0.6 is 0 Å². The number of carbonyl (C=O) groups is 1. The van der Waals surface area contributed by atoms with Gasteiger partial charge in [-0.25, -0.2) is 0 Å². The van der Waals surface area contributed by atoms with Crippen LogP contribution in [0.1, 0.15) is 69.4 Å². The molecule has 2 rings (SSSR count). The van der Waals surface area contributed by atoms with Gasteiger partial charge in [0.15, 0.2) is 5.78 Å². The van der Waals surface area contributed by atoms with Gasteiger partial charge in [0.1, 0.15) is 0 Å². The van der Waals surface area contributed by atoms with Gasteiger partial charge in [-0.3, -0.25) is 4.79 Å². The summed E-state index contributed by atoms with van der Waals surface area (Å²) in [5, 5.41) is 0. The lowest BCUT2D eigenvalue weighted by Crippen LogP contribution is -2.13. The van der Waals surface area contributed by atoms with E-state index in [-0.39, 0.29) is 11.2 Å². The average Bonchev–Trinajstić information content (AvgIpc) is 2.68. The van der Waals surface area contributed by atoms with E-state index in [2.05, 4.69) is 58.9 Å². The first-order valence-electron chi connectivity index (χ1n) is 7.24. The molecule has 20 heavy (non-hydrogen) atoms. The fourth-order valence-corrected chi connectivity index (χ4v) is 2.68. The molecule has 106 valence electrons. The zero-order valence-electron chi connectivity index (χ0n) is 13.4. The Morgan fingerprint density at radius 1 is 1.15 bits per heavy atom. The summed E-state index contributed by atoms with van der Waals surface area (Å²) in [6, 6.07) is 6.36. The Kier molecular flexibility index (Phi) is 3.73. The Balaban J connectivity index is 2.59. The van der Waals surface area contributed by atoms with Crippen LogP contribution < -0.4 is 0 Å². The Morgan fingerprint density at radius 3 is 2.25 bits per heavy atom. The second-order valence-corrected chi connectivity index (χ2v) is 6.76. The Labute approximate surface area is 122 Å². The quantitative estimate of drug-likeness (QED) is 0.664. The maximum Gasteiger partial charge on any atom is 0.160 e. The molecule has 0 radical (unpaired) electrons. The largest absolute Gasteiger partial charge is 0.294 e. The summed E-state index contributed by atoms with van der Waals surface area (Å²) in [6.45, 7) is 12.5. The summed E-state index contributed by atoms with van der Waals surface area (Å²) in [4.78, 5) is 12.1. The lowest BCUT2D eigenvalue weighted by Gasteiger charge is -2.21. The Morgan fingerprint density at radius 2 is 1.80 bits per heavy atom. The third kappa shape index (κ3) is 2.63. The first kappa shape index (κ1) is 14.8. The molecule has 0 aliphatic heterocycles. The zero-order chi connectivity index (χ0) is 15.1. The van der Waals surface area contributed by atoms with E-state index in [0.717, 1.165) is 17.5 Å². The second-order valence-electron chi connectivity index (χ2n) is 6.76. The van der Waals surface area contributed by atoms with Crippen molar-refractivity contribution in [2.24, 2.45) is 0 Å². The van der Waals surface area contributed by atoms with Gasteiger partial charge in [-0.05, 0) is 60.9 Å². The summed E-state index contributed by atoms with van der Waals surface area (Å²) in [6.07, 6.45) is 3.18. The average molecular weight is 268 g/mol. The fraction of sp³-hybridized carbons (Fsp3) is 0.421. The van der Waals surface area contributed by atoms with Crippen molar-refractivity contribution in [2.45, 2.75) is 53.4 Å². The summed E-state index contributed by atoms with van der Waals surface area (Å²) in [5.41, 5.74) is 7.19. The van der Waals surface area contributed by atoms with Gasteiger partial charge in [0.2, 0.25) is 0 Å². The number of hydrogen-bond donors (Lipinski definition) is 0. The maximum atomic E-state index is 12.1. The minimum absolute atomic E-state index is 0.0655. The Bertz CT molecular complexity index is 622. The van der Waals surface area contributed by atoms with Gasteiger partial charge in [0.25, 0.3) is 0 Å². The first-order chi connectivity index (χ1) is 9.21. The zero-order valence-corrected chi connectivity index (χ0v) is 13.4. The molecule has 0 bridgehead atoms. The smallest absolute Gasteiger partial charge is 0.160 e. The van der Waals surface area contributed by atoms with E-state index in [4.69, 9.17) is 0 Å². The standard InChI is InChI=1S/C19H24O/c1-12-7-9-16(13(12)2)17-10-8-15(19(4,5)6)11-18(17)14(3)20/h7-8,10-11H,9H2,1-6H3. The third-order valence-corrected chi connectivity index (χ3v) is 4.25. The molecule has 0 heterocycles. The molecule has 1 aliphatic carbocycles. The van der Waals surface area contributed by atoms with Crippen molar-refractivity contribution < 1.29 is 4.79 Å². The van der Waals surface area contributed by atoms with Crippen LogP contribution in [0.15, 0.2) is 35.4 Å². The number of hydrogen-bond acceptors (Lipinski definition) is 1. The van der Waals surface area contributed by atoms with Crippen LogP contribution in [0.5, 0.6) is 0 Å². The molecule has 1 heteroatoms. The van der Waals surface area contributed by atoms with E-state index in [9.17, 15) is 4.79 Å². The van der Waals surface area contributed by atoms with E-state index in [0.29, 0.717) is 0 Å². The van der Waals surface area contributed by atoms with Crippen LogP contribution in [-0.4, -0.2) is 5.78 Å². The number of ketones is 1. The fourth-order valence-electron chi connectivity index (χ4n) is 2.68. The number of allylic oxidation sites excluding steroid dienone is 4. The second kappa shape index (κ2) is 5.05. The van der Waals surface area contributed by atoms with Gasteiger partial charge in [0.05, 0.1) is 0 Å². The molecule has 0 unspecified atom stereocenters. The molecule has 0 aromatic heterocycles. The van der Waals surface area contributed by atoms with Crippen molar-refractivity contribution in [3.05, 3.63) is 52.1 Å². The van der Waals surface area contributed by atoms with Crippen molar-refractivity contribution in [1.82, 2.24) is 0 Å². The number of benzene rings is 1. The van der Waals surface area contributed by atoms with Gasteiger partial charge < -0.3 is 0 Å². The number of carbonyl (C=O) groups excluding carboxylic acids is 1. The monoisotopic (exact) mass is 268 g/mol. The predicted molar refractivity (Wildman–Crippen MR) is 86.1 cm³/mol. The van der Waals surface area contributed by atoms with Gasteiger partial charge >= 0.3 is 0 Å². The van der Waals surface area contributed by atoms with E-state index in [1.807, 2.05) is 0 Å². The minimum atomic E-state index is 0.0655. The van der Waals surface area contributed by atoms with E-state index < -0.39 is 0 Å². The molecule has 1 aromatic rings. The third-order valence-electron chi connectivity index (χ3n) is 4.25. The molecule has 0 saturated heterocycles. The van der Waals surface area contributed by atoms with Crippen molar-refractivity contribution >= 4 is 11.4 Å². The molecule has 0 amide bonds. The van der Waals surface area contributed by atoms with Crippen LogP contribution in [0.3, 0.4) is 0 Å². The summed E-state index contributed by atoms with van der Waals surface area (Å²) in [7, 11) is 0. The first-order valence-corrected chi connectivity index (χ1v) is 7.24. The molecular weight excluding hydrogens is 244 g/mol. The van der Waals surface area contributed by atoms with Crippen LogP contribution in [0, 0.1) is 0 Å². The predicted octanol–water partition coefficient (Wildman–Crippen LogP) is 5.31. The van der Waals surface area contributed by atoms with Crippen LogP contribution in [0.25, 0.3) is 5.57 Å². The lowest BCUT2D eigenvalue weighted by molar-refractivity contribution is 0.101. The summed E-state index contributed by atoms with van der Waals surface area (Å²) < 4.78 is 0. The van der Waals surface area contributed by atoms with Crippen molar-refractivity contribution in [1.29, 1.82) is 0 Å². The normalized spacial score (nSPS) is 15.6. The van der Waals surface area contributed by atoms with Gasteiger partial charge in [-0.15, -0.1) is 0 Å². The Hall–Kier alpha value is -1.63. The molecule has 0 spiro atoms. The van der Waals surface area contributed by atoms with Crippen molar-refractivity contribution in [3.63, 3.8) is 0 Å². The van der Waals surface area contributed by atoms with Crippen molar-refractivity contribution in [2.75, 3.05) is 0 Å². The topological polar surface area (TPSA) is 17.1 Å². The molecular formula is C19H24O. The molecule has 1 nitrogen and oxygen atoms in total.